The van der Waals surface area contributed by atoms with Crippen molar-refractivity contribution >= 4 is 17.1 Å². The quantitative estimate of drug-likeness (QED) is 0.405. The SMILES string of the molecule is [B]C1(P)CC1CC(C)C. The Morgan fingerprint density at radius 2 is 2.22 bits per heavy atom. The average molecular weight is 140 g/mol. The van der Waals surface area contributed by atoms with Gasteiger partial charge in [-0.15, -0.1) is 9.24 Å². The van der Waals surface area contributed by atoms with Crippen molar-refractivity contribution in [2.24, 2.45) is 11.8 Å². The Labute approximate surface area is 61.4 Å². The van der Waals surface area contributed by atoms with Gasteiger partial charge in [-0.1, -0.05) is 13.8 Å². The molecule has 1 aliphatic rings. The van der Waals surface area contributed by atoms with Crippen molar-refractivity contribution in [2.45, 2.75) is 31.7 Å². The third-order valence-electron chi connectivity index (χ3n) is 1.96. The van der Waals surface area contributed by atoms with Crippen LogP contribution in [0.5, 0.6) is 0 Å². The van der Waals surface area contributed by atoms with Crippen LogP contribution < -0.4 is 0 Å². The van der Waals surface area contributed by atoms with Crippen molar-refractivity contribution in [3.63, 3.8) is 0 Å². The highest BCUT2D eigenvalue weighted by molar-refractivity contribution is 7.23. The minimum absolute atomic E-state index is 0.115. The van der Waals surface area contributed by atoms with Gasteiger partial charge in [-0.05, 0) is 29.7 Å². The van der Waals surface area contributed by atoms with E-state index in [0.717, 1.165) is 11.8 Å². The van der Waals surface area contributed by atoms with Crippen molar-refractivity contribution in [2.75, 3.05) is 0 Å². The van der Waals surface area contributed by atoms with Crippen molar-refractivity contribution in [1.82, 2.24) is 0 Å². The highest BCUT2D eigenvalue weighted by atomic mass is 31.0. The first-order chi connectivity index (χ1) is 4.02. The molecule has 3 atom stereocenters. The van der Waals surface area contributed by atoms with E-state index in [0.29, 0.717) is 0 Å². The molecule has 3 unspecified atom stereocenters. The summed E-state index contributed by atoms with van der Waals surface area (Å²) in [5.41, 5.74) is 0. The molecule has 0 saturated heterocycles. The molecule has 50 valence electrons. The molecular weight excluding hydrogens is 126 g/mol. The molecule has 0 aromatic heterocycles. The number of hydrogen-bond acceptors (Lipinski definition) is 0. The fourth-order valence-electron chi connectivity index (χ4n) is 1.24. The van der Waals surface area contributed by atoms with Crippen molar-refractivity contribution < 1.29 is 0 Å². The Bertz CT molecular complexity index is 109. The summed E-state index contributed by atoms with van der Waals surface area (Å²) in [4.78, 5) is 0. The average Bonchev–Trinajstić information content (AvgIpc) is 2.10. The van der Waals surface area contributed by atoms with Crippen LogP contribution in [0.15, 0.2) is 0 Å². The maximum Gasteiger partial charge on any atom is 0.0806 e. The minimum Gasteiger partial charge on any atom is -0.140 e. The molecule has 1 rings (SSSR count). The van der Waals surface area contributed by atoms with E-state index in [1.807, 2.05) is 0 Å². The molecule has 0 aromatic carbocycles. The Hall–Kier alpha value is 0.495. The van der Waals surface area contributed by atoms with E-state index in [-0.39, 0.29) is 5.06 Å². The Kier molecular flexibility index (Phi) is 1.92. The topological polar surface area (TPSA) is 0 Å². The van der Waals surface area contributed by atoms with Crippen LogP contribution in [-0.2, 0) is 0 Å². The predicted molar refractivity (Wildman–Crippen MR) is 45.8 cm³/mol. The lowest BCUT2D eigenvalue weighted by molar-refractivity contribution is 0.538. The van der Waals surface area contributed by atoms with E-state index in [9.17, 15) is 0 Å². The molecule has 0 spiro atoms. The molecule has 0 aliphatic heterocycles. The van der Waals surface area contributed by atoms with E-state index in [1.165, 1.54) is 12.8 Å². The summed E-state index contributed by atoms with van der Waals surface area (Å²) >= 11 is 0. The lowest BCUT2D eigenvalue weighted by Crippen LogP contribution is -2.01. The molecule has 0 N–H and O–H groups in total. The second-order valence-electron chi connectivity index (χ2n) is 3.64. The zero-order chi connectivity index (χ0) is 7.07. The fraction of sp³-hybridized carbons (Fsp3) is 1.00. The zero-order valence-electron chi connectivity index (χ0n) is 6.22. The molecule has 1 fully saturated rings. The van der Waals surface area contributed by atoms with Gasteiger partial charge in [-0.3, -0.25) is 0 Å². The van der Waals surface area contributed by atoms with Gasteiger partial charge >= 0.3 is 0 Å². The monoisotopic (exact) mass is 140 g/mol. The lowest BCUT2D eigenvalue weighted by atomic mass is 9.95. The smallest absolute Gasteiger partial charge is 0.0806 e. The first kappa shape index (κ1) is 7.60. The predicted octanol–water partition coefficient (Wildman–Crippen LogP) is 1.79. The van der Waals surface area contributed by atoms with Gasteiger partial charge in [-0.2, -0.15) is 0 Å². The lowest BCUT2D eigenvalue weighted by Gasteiger charge is -2.05. The number of rotatable bonds is 2. The molecule has 1 saturated carbocycles. The second-order valence-corrected chi connectivity index (χ2v) is 4.72. The van der Waals surface area contributed by atoms with Crippen molar-refractivity contribution in [1.29, 1.82) is 0 Å². The van der Waals surface area contributed by atoms with Gasteiger partial charge in [-0.25, -0.2) is 0 Å². The molecule has 0 heterocycles. The van der Waals surface area contributed by atoms with E-state index in [2.05, 4.69) is 23.1 Å². The summed E-state index contributed by atoms with van der Waals surface area (Å²) in [5, 5.41) is 0.115. The largest absolute Gasteiger partial charge is 0.140 e. The van der Waals surface area contributed by atoms with Crippen LogP contribution in [0.4, 0.5) is 0 Å². The van der Waals surface area contributed by atoms with Crippen LogP contribution in [-0.4, -0.2) is 12.9 Å². The van der Waals surface area contributed by atoms with Gasteiger partial charge < -0.3 is 0 Å². The molecular formula is C7H14BP. The van der Waals surface area contributed by atoms with Crippen LogP contribution in [0, 0.1) is 11.8 Å². The summed E-state index contributed by atoms with van der Waals surface area (Å²) in [6, 6.07) is 0. The fourth-order valence-corrected chi connectivity index (χ4v) is 1.66. The molecule has 9 heavy (non-hydrogen) atoms. The van der Waals surface area contributed by atoms with Gasteiger partial charge in [0.15, 0.2) is 0 Å². The van der Waals surface area contributed by atoms with Crippen molar-refractivity contribution in [3.8, 4) is 0 Å². The summed E-state index contributed by atoms with van der Waals surface area (Å²) < 4.78 is 0. The molecule has 0 amide bonds. The summed E-state index contributed by atoms with van der Waals surface area (Å²) in [5.74, 6) is 1.59. The highest BCUT2D eigenvalue weighted by Gasteiger charge is 2.44. The molecule has 2 heteroatoms. The van der Waals surface area contributed by atoms with E-state index in [4.69, 9.17) is 7.85 Å². The normalized spacial score (nSPS) is 41.6. The van der Waals surface area contributed by atoms with E-state index in [1.54, 1.807) is 0 Å². The first-order valence-corrected chi connectivity index (χ1v) is 4.18. The van der Waals surface area contributed by atoms with Gasteiger partial charge in [0, 0.05) is 0 Å². The summed E-state index contributed by atoms with van der Waals surface area (Å²) in [7, 11) is 8.55. The van der Waals surface area contributed by atoms with Crippen LogP contribution in [0.25, 0.3) is 0 Å². The molecule has 0 bridgehead atoms. The first-order valence-electron chi connectivity index (χ1n) is 3.60. The Morgan fingerprint density at radius 1 is 1.78 bits per heavy atom. The third-order valence-corrected chi connectivity index (χ3v) is 2.66. The van der Waals surface area contributed by atoms with Crippen LogP contribution >= 0.6 is 9.24 Å². The molecule has 2 radical (unpaired) electrons. The van der Waals surface area contributed by atoms with Crippen LogP contribution in [0.3, 0.4) is 0 Å². The number of hydrogen-bond donors (Lipinski definition) is 0. The van der Waals surface area contributed by atoms with E-state index < -0.39 is 0 Å². The standard InChI is InChI=1S/C7H14BP/c1-5(2)3-6-4-7(6,8)9/h5-6H,3-4,9H2,1-2H3. The minimum atomic E-state index is 0.115. The maximum absolute atomic E-state index is 5.82. The molecule has 1 aliphatic carbocycles. The maximum atomic E-state index is 5.82. The Morgan fingerprint density at radius 3 is 2.33 bits per heavy atom. The van der Waals surface area contributed by atoms with Crippen LogP contribution in [0.2, 0.25) is 0 Å². The van der Waals surface area contributed by atoms with Crippen LogP contribution in [0.1, 0.15) is 26.7 Å². The van der Waals surface area contributed by atoms with E-state index >= 15 is 0 Å². The highest BCUT2D eigenvalue weighted by Crippen LogP contribution is 2.51. The van der Waals surface area contributed by atoms with Gasteiger partial charge in [0.2, 0.25) is 0 Å². The third kappa shape index (κ3) is 1.97. The van der Waals surface area contributed by atoms with Gasteiger partial charge in [0.25, 0.3) is 0 Å². The van der Waals surface area contributed by atoms with Gasteiger partial charge in [0.1, 0.15) is 0 Å². The zero-order valence-corrected chi connectivity index (χ0v) is 7.38. The summed E-state index contributed by atoms with van der Waals surface area (Å²) in [6.07, 6.45) is 2.50. The van der Waals surface area contributed by atoms with Gasteiger partial charge in [0.05, 0.1) is 7.85 Å². The summed E-state index contributed by atoms with van der Waals surface area (Å²) in [6.45, 7) is 4.50. The van der Waals surface area contributed by atoms with Crippen molar-refractivity contribution in [3.05, 3.63) is 0 Å². The molecule has 0 aromatic rings. The molecule has 0 nitrogen and oxygen atoms in total. The second kappa shape index (κ2) is 2.27. The Balaban J connectivity index is 2.20.